The Balaban J connectivity index is 2.96. The summed E-state index contributed by atoms with van der Waals surface area (Å²) in [5, 5.41) is 11.3. The monoisotopic (exact) mass is 342 g/mol. The summed E-state index contributed by atoms with van der Waals surface area (Å²) in [7, 11) is -3.58. The van der Waals surface area contributed by atoms with Crippen molar-refractivity contribution in [3.8, 4) is 0 Å². The number of nitrogens with one attached hydrogen (secondary N) is 1. The molecule has 0 aromatic heterocycles. The quantitative estimate of drug-likeness (QED) is 0.741. The zero-order valence-corrected chi connectivity index (χ0v) is 14.3. The van der Waals surface area contributed by atoms with Crippen LogP contribution in [0.25, 0.3) is 0 Å². The zero-order valence-electron chi connectivity index (χ0n) is 13.4. The molecule has 0 aliphatic heterocycles. The maximum atomic E-state index is 12.3. The molecule has 0 fully saturated rings. The zero-order chi connectivity index (χ0) is 17.6. The molecule has 1 aromatic rings. The van der Waals surface area contributed by atoms with Gasteiger partial charge < -0.3 is 10.4 Å². The molecule has 0 bridgehead atoms. The number of amides is 1. The van der Waals surface area contributed by atoms with Crippen molar-refractivity contribution in [1.29, 1.82) is 0 Å². The van der Waals surface area contributed by atoms with Gasteiger partial charge in [-0.1, -0.05) is 20.8 Å². The molecule has 1 unspecified atom stereocenters. The summed E-state index contributed by atoms with van der Waals surface area (Å²) >= 11 is 0. The van der Waals surface area contributed by atoms with Gasteiger partial charge in [0.25, 0.3) is 5.91 Å². The molecule has 1 aromatic carbocycles. The van der Waals surface area contributed by atoms with Crippen molar-refractivity contribution in [2.24, 2.45) is 0 Å². The van der Waals surface area contributed by atoms with E-state index in [1.165, 1.54) is 28.6 Å². The first-order chi connectivity index (χ1) is 10.8. The van der Waals surface area contributed by atoms with Crippen LogP contribution in [0, 0.1) is 0 Å². The number of rotatable bonds is 8. The second kappa shape index (κ2) is 8.07. The van der Waals surface area contributed by atoms with Gasteiger partial charge in [-0.3, -0.25) is 4.79 Å². The molecule has 0 heterocycles. The van der Waals surface area contributed by atoms with Crippen LogP contribution in [0.2, 0.25) is 0 Å². The number of sulfonamides is 1. The second-order valence-corrected chi connectivity index (χ2v) is 6.82. The fourth-order valence-electron chi connectivity index (χ4n) is 2.07. The van der Waals surface area contributed by atoms with Crippen LogP contribution in [-0.2, 0) is 14.8 Å². The number of carbonyl (C=O) groups is 2. The van der Waals surface area contributed by atoms with Crippen LogP contribution in [0.5, 0.6) is 0 Å². The van der Waals surface area contributed by atoms with Gasteiger partial charge in [0.1, 0.15) is 6.04 Å². The minimum Gasteiger partial charge on any atom is -0.480 e. The van der Waals surface area contributed by atoms with E-state index in [4.69, 9.17) is 5.11 Å². The summed E-state index contributed by atoms with van der Waals surface area (Å²) in [5.74, 6) is -1.66. The third-order valence-electron chi connectivity index (χ3n) is 3.47. The summed E-state index contributed by atoms with van der Waals surface area (Å²) in [4.78, 5) is 23.0. The van der Waals surface area contributed by atoms with Crippen LogP contribution < -0.4 is 5.32 Å². The molecular weight excluding hydrogens is 320 g/mol. The highest BCUT2D eigenvalue weighted by Crippen LogP contribution is 2.16. The van der Waals surface area contributed by atoms with Gasteiger partial charge in [-0.2, -0.15) is 4.31 Å². The topological polar surface area (TPSA) is 104 Å². The SMILES string of the molecule is CCC(NC(=O)c1ccc(S(=O)(=O)N(CC)CC)cc1)C(=O)O. The fraction of sp³-hybridized carbons (Fsp3) is 0.467. The molecule has 23 heavy (non-hydrogen) atoms. The fourth-order valence-corrected chi connectivity index (χ4v) is 3.53. The molecule has 7 nitrogen and oxygen atoms in total. The smallest absolute Gasteiger partial charge is 0.326 e. The van der Waals surface area contributed by atoms with E-state index in [1.807, 2.05) is 0 Å². The molecule has 0 aliphatic carbocycles. The van der Waals surface area contributed by atoms with Crippen molar-refractivity contribution < 1.29 is 23.1 Å². The maximum Gasteiger partial charge on any atom is 0.326 e. The van der Waals surface area contributed by atoms with Gasteiger partial charge in [0.15, 0.2) is 0 Å². The number of benzene rings is 1. The molecule has 0 spiro atoms. The molecular formula is C15H22N2O5S. The van der Waals surface area contributed by atoms with Gasteiger partial charge in [-0.05, 0) is 30.7 Å². The minimum absolute atomic E-state index is 0.100. The van der Waals surface area contributed by atoms with Gasteiger partial charge in [-0.25, -0.2) is 13.2 Å². The summed E-state index contributed by atoms with van der Waals surface area (Å²) in [5.41, 5.74) is 0.211. The number of carboxylic acid groups (broad SMARTS) is 1. The standard InChI is InChI=1S/C15H22N2O5S/c1-4-13(15(19)20)16-14(18)11-7-9-12(10-8-11)23(21,22)17(5-2)6-3/h7-10,13H,4-6H2,1-3H3,(H,16,18)(H,19,20). The van der Waals surface area contributed by atoms with Gasteiger partial charge in [-0.15, -0.1) is 0 Å². The molecule has 0 saturated heterocycles. The number of hydrogen-bond acceptors (Lipinski definition) is 4. The molecule has 1 rings (SSSR count). The summed E-state index contributed by atoms with van der Waals surface area (Å²) < 4.78 is 26.0. The van der Waals surface area contributed by atoms with Gasteiger partial charge in [0.05, 0.1) is 4.90 Å². The number of carboxylic acids is 1. The molecule has 1 atom stereocenters. The highest BCUT2D eigenvalue weighted by atomic mass is 32.2. The van der Waals surface area contributed by atoms with E-state index in [1.54, 1.807) is 20.8 Å². The Hall–Kier alpha value is -1.93. The normalized spacial score (nSPS) is 12.9. The Bertz CT molecular complexity index is 651. The summed E-state index contributed by atoms with van der Waals surface area (Å²) in [6, 6.07) is 4.48. The molecule has 2 N–H and O–H groups in total. The van der Waals surface area contributed by atoms with Gasteiger partial charge in [0, 0.05) is 18.7 Å². The number of carbonyl (C=O) groups excluding carboxylic acids is 1. The predicted molar refractivity (Wildman–Crippen MR) is 85.7 cm³/mol. The Labute approximate surface area is 136 Å². The molecule has 128 valence electrons. The first-order valence-corrected chi connectivity index (χ1v) is 8.85. The summed E-state index contributed by atoms with van der Waals surface area (Å²) in [6.07, 6.45) is 0.259. The van der Waals surface area contributed by atoms with E-state index in [2.05, 4.69) is 5.32 Å². The van der Waals surface area contributed by atoms with Crippen molar-refractivity contribution in [1.82, 2.24) is 9.62 Å². The van der Waals surface area contributed by atoms with Crippen molar-refractivity contribution in [3.05, 3.63) is 29.8 Å². The predicted octanol–water partition coefficient (Wildman–Crippen LogP) is 1.31. The van der Waals surface area contributed by atoms with Crippen LogP contribution in [0.4, 0.5) is 0 Å². The van der Waals surface area contributed by atoms with Crippen molar-refractivity contribution >= 4 is 21.9 Å². The first kappa shape index (κ1) is 19.1. The van der Waals surface area contributed by atoms with E-state index in [0.29, 0.717) is 13.1 Å². The van der Waals surface area contributed by atoms with E-state index >= 15 is 0 Å². The number of nitrogens with zero attached hydrogens (tertiary/aromatic N) is 1. The Morgan fingerprint density at radius 3 is 2.04 bits per heavy atom. The molecule has 0 radical (unpaired) electrons. The lowest BCUT2D eigenvalue weighted by Gasteiger charge is -2.18. The van der Waals surface area contributed by atoms with Crippen LogP contribution in [0.15, 0.2) is 29.2 Å². The lowest BCUT2D eigenvalue weighted by atomic mass is 10.1. The average Bonchev–Trinajstić information content (AvgIpc) is 2.53. The largest absolute Gasteiger partial charge is 0.480 e. The third kappa shape index (κ3) is 4.52. The van der Waals surface area contributed by atoms with Gasteiger partial charge in [0.2, 0.25) is 10.0 Å². The minimum atomic E-state index is -3.58. The molecule has 0 saturated carbocycles. The highest BCUT2D eigenvalue weighted by molar-refractivity contribution is 7.89. The third-order valence-corrected chi connectivity index (χ3v) is 5.54. The Morgan fingerprint density at radius 2 is 1.65 bits per heavy atom. The van der Waals surface area contributed by atoms with E-state index in [-0.39, 0.29) is 16.9 Å². The van der Waals surface area contributed by atoms with E-state index in [9.17, 15) is 18.0 Å². The van der Waals surface area contributed by atoms with Crippen molar-refractivity contribution in [3.63, 3.8) is 0 Å². The van der Waals surface area contributed by atoms with E-state index < -0.39 is 27.9 Å². The Kier molecular flexibility index (Phi) is 6.71. The molecule has 1 amide bonds. The van der Waals surface area contributed by atoms with Crippen molar-refractivity contribution in [2.75, 3.05) is 13.1 Å². The first-order valence-electron chi connectivity index (χ1n) is 7.41. The summed E-state index contributed by atoms with van der Waals surface area (Å²) in [6.45, 7) is 5.87. The molecule has 0 aliphatic rings. The van der Waals surface area contributed by atoms with Gasteiger partial charge >= 0.3 is 5.97 Å². The van der Waals surface area contributed by atoms with E-state index in [0.717, 1.165) is 0 Å². The Morgan fingerprint density at radius 1 is 1.13 bits per heavy atom. The second-order valence-electron chi connectivity index (χ2n) is 4.89. The molecule has 8 heteroatoms. The average molecular weight is 342 g/mol. The van der Waals surface area contributed by atoms with Crippen molar-refractivity contribution in [2.45, 2.75) is 38.1 Å². The number of aliphatic carboxylic acids is 1. The lowest BCUT2D eigenvalue weighted by molar-refractivity contribution is -0.139. The highest BCUT2D eigenvalue weighted by Gasteiger charge is 2.22. The van der Waals surface area contributed by atoms with Crippen LogP contribution >= 0.6 is 0 Å². The maximum absolute atomic E-state index is 12.3. The number of hydrogen-bond donors (Lipinski definition) is 2. The van der Waals surface area contributed by atoms with Crippen LogP contribution in [-0.4, -0.2) is 48.8 Å². The lowest BCUT2D eigenvalue weighted by Crippen LogP contribution is -2.40. The van der Waals surface area contributed by atoms with Crippen LogP contribution in [0.3, 0.4) is 0 Å². The van der Waals surface area contributed by atoms with Crippen LogP contribution in [0.1, 0.15) is 37.6 Å².